The highest BCUT2D eigenvalue weighted by Crippen LogP contribution is 2.20. The van der Waals surface area contributed by atoms with Crippen LogP contribution in [0.3, 0.4) is 0 Å². The number of carbonyl (C=O) groups is 2. The molecule has 1 aliphatic rings. The number of amides is 2. The molecule has 0 radical (unpaired) electrons. The molecule has 0 bridgehead atoms. The number of likely N-dealkylation sites (N-methyl/N-ethyl adjacent to an activating group) is 1. The first-order valence-electron chi connectivity index (χ1n) is 7.57. The summed E-state index contributed by atoms with van der Waals surface area (Å²) >= 11 is 0. The Hall–Kier alpha value is -2.25. The molecule has 0 aliphatic carbocycles. The van der Waals surface area contributed by atoms with E-state index >= 15 is 0 Å². The fourth-order valence-electron chi connectivity index (χ4n) is 2.62. The molecule has 1 fully saturated rings. The lowest BCUT2D eigenvalue weighted by molar-refractivity contribution is -0.161. The molecular weight excluding hydrogens is 325 g/mol. The average molecular weight is 344 g/mol. The van der Waals surface area contributed by atoms with Crippen molar-refractivity contribution in [3.05, 3.63) is 35.9 Å². The van der Waals surface area contributed by atoms with Gasteiger partial charge in [-0.3, -0.25) is 9.69 Å². The van der Waals surface area contributed by atoms with Gasteiger partial charge < -0.3 is 9.64 Å². The van der Waals surface area contributed by atoms with E-state index in [0.717, 1.165) is 12.6 Å². The number of ether oxygens (including phenoxy) is 1. The Morgan fingerprint density at radius 1 is 1.33 bits per heavy atom. The summed E-state index contributed by atoms with van der Waals surface area (Å²) < 4.78 is 42.7. The zero-order chi connectivity index (χ0) is 17.7. The predicted molar refractivity (Wildman–Crippen MR) is 80.3 cm³/mol. The second-order valence-electron chi connectivity index (χ2n) is 5.68. The van der Waals surface area contributed by atoms with Crippen LogP contribution in [0, 0.1) is 0 Å². The van der Waals surface area contributed by atoms with Crippen molar-refractivity contribution in [3.63, 3.8) is 0 Å². The molecular formula is C16H19F3N2O3. The van der Waals surface area contributed by atoms with Crippen LogP contribution < -0.4 is 0 Å². The van der Waals surface area contributed by atoms with Crippen LogP contribution in [0.1, 0.15) is 12.0 Å². The maximum Gasteiger partial charge on any atom is 0.410 e. The molecule has 1 saturated heterocycles. The highest BCUT2D eigenvalue weighted by molar-refractivity contribution is 5.86. The smallest absolute Gasteiger partial charge is 0.410 e. The highest BCUT2D eigenvalue weighted by atomic mass is 19.4. The number of alkyl halides is 3. The zero-order valence-electron chi connectivity index (χ0n) is 13.3. The Balaban J connectivity index is 2.21. The molecule has 1 heterocycles. The number of halogens is 3. The first-order chi connectivity index (χ1) is 11.3. The number of hydrogen-bond acceptors (Lipinski definition) is 3. The minimum Gasteiger partial charge on any atom is -0.449 e. The minimum absolute atomic E-state index is 0.136. The molecule has 1 aromatic rings. The van der Waals surface area contributed by atoms with Crippen LogP contribution in [0.2, 0.25) is 0 Å². The fourth-order valence-corrected chi connectivity index (χ4v) is 2.62. The summed E-state index contributed by atoms with van der Waals surface area (Å²) in [6.45, 7) is -0.831. The third-order valence-electron chi connectivity index (χ3n) is 3.73. The first kappa shape index (κ1) is 18.1. The summed E-state index contributed by atoms with van der Waals surface area (Å²) in [5.74, 6) is -0.755. The minimum atomic E-state index is -4.50. The van der Waals surface area contributed by atoms with E-state index in [1.54, 1.807) is 30.3 Å². The van der Waals surface area contributed by atoms with Crippen molar-refractivity contribution < 1.29 is 27.5 Å². The van der Waals surface area contributed by atoms with Crippen LogP contribution >= 0.6 is 0 Å². The molecule has 1 aromatic carbocycles. The molecule has 0 saturated carbocycles. The van der Waals surface area contributed by atoms with Gasteiger partial charge in [-0.05, 0) is 12.0 Å². The third kappa shape index (κ3) is 4.87. The van der Waals surface area contributed by atoms with Crippen LogP contribution in [-0.2, 0) is 16.0 Å². The van der Waals surface area contributed by atoms with E-state index in [1.807, 2.05) is 0 Å². The van der Waals surface area contributed by atoms with Gasteiger partial charge in [-0.25, -0.2) is 4.79 Å². The van der Waals surface area contributed by atoms with Crippen LogP contribution in [0.5, 0.6) is 0 Å². The summed E-state index contributed by atoms with van der Waals surface area (Å²) in [6.07, 6.45) is -4.50. The van der Waals surface area contributed by atoms with Gasteiger partial charge in [0.1, 0.15) is 12.6 Å². The normalized spacial score (nSPS) is 16.5. The van der Waals surface area contributed by atoms with E-state index in [9.17, 15) is 22.8 Å². The van der Waals surface area contributed by atoms with E-state index < -0.39 is 30.8 Å². The average Bonchev–Trinajstić information content (AvgIpc) is 2.52. The van der Waals surface area contributed by atoms with E-state index in [-0.39, 0.29) is 19.6 Å². The van der Waals surface area contributed by atoms with Gasteiger partial charge in [0.05, 0.1) is 6.61 Å². The molecule has 1 aliphatic heterocycles. The van der Waals surface area contributed by atoms with E-state index in [0.29, 0.717) is 11.3 Å². The Bertz CT molecular complexity index is 578. The second-order valence-corrected chi connectivity index (χ2v) is 5.68. The van der Waals surface area contributed by atoms with Gasteiger partial charge in [0.25, 0.3) is 0 Å². The SMILES string of the molecule is CN(CC(F)(F)F)C(=O)C(Cc1ccccc1)N1CCCOC1=O. The molecule has 2 rings (SSSR count). The van der Waals surface area contributed by atoms with Gasteiger partial charge in [-0.2, -0.15) is 13.2 Å². The lowest BCUT2D eigenvalue weighted by atomic mass is 10.0. The topological polar surface area (TPSA) is 49.9 Å². The van der Waals surface area contributed by atoms with Gasteiger partial charge in [-0.1, -0.05) is 30.3 Å². The maximum absolute atomic E-state index is 12.6. The summed E-state index contributed by atoms with van der Waals surface area (Å²) in [5, 5.41) is 0. The quantitative estimate of drug-likeness (QED) is 0.824. The number of benzene rings is 1. The molecule has 0 aromatic heterocycles. The first-order valence-corrected chi connectivity index (χ1v) is 7.57. The Morgan fingerprint density at radius 3 is 2.58 bits per heavy atom. The molecule has 0 N–H and O–H groups in total. The fraction of sp³-hybridized carbons (Fsp3) is 0.500. The van der Waals surface area contributed by atoms with Gasteiger partial charge in [0.15, 0.2) is 0 Å². The van der Waals surface area contributed by atoms with Crippen LogP contribution in [0.15, 0.2) is 30.3 Å². The van der Waals surface area contributed by atoms with Crippen LogP contribution in [0.4, 0.5) is 18.0 Å². The molecule has 2 amide bonds. The van der Waals surface area contributed by atoms with Crippen LogP contribution in [-0.4, -0.2) is 60.8 Å². The number of cyclic esters (lactones) is 1. The van der Waals surface area contributed by atoms with Crippen LogP contribution in [0.25, 0.3) is 0 Å². The van der Waals surface area contributed by atoms with Gasteiger partial charge in [-0.15, -0.1) is 0 Å². The molecule has 1 atom stereocenters. The summed E-state index contributed by atoms with van der Waals surface area (Å²) in [7, 11) is 1.09. The highest BCUT2D eigenvalue weighted by Gasteiger charge is 2.38. The number of hydrogen-bond donors (Lipinski definition) is 0. The van der Waals surface area contributed by atoms with Crippen molar-refractivity contribution in [2.24, 2.45) is 0 Å². The van der Waals surface area contributed by atoms with Crippen molar-refractivity contribution in [1.82, 2.24) is 9.80 Å². The maximum atomic E-state index is 12.6. The molecule has 24 heavy (non-hydrogen) atoms. The van der Waals surface area contributed by atoms with Crippen molar-refractivity contribution >= 4 is 12.0 Å². The zero-order valence-corrected chi connectivity index (χ0v) is 13.3. The summed E-state index contributed by atoms with van der Waals surface area (Å²) in [5.41, 5.74) is 0.759. The van der Waals surface area contributed by atoms with Gasteiger partial charge >= 0.3 is 12.3 Å². The Labute approximate surface area is 138 Å². The summed E-state index contributed by atoms with van der Waals surface area (Å²) in [4.78, 5) is 26.3. The lowest BCUT2D eigenvalue weighted by Crippen LogP contribution is -2.54. The van der Waals surface area contributed by atoms with Gasteiger partial charge in [0.2, 0.25) is 5.91 Å². The molecule has 132 valence electrons. The Kier molecular flexibility index (Phi) is 5.69. The second kappa shape index (κ2) is 7.55. The monoisotopic (exact) mass is 344 g/mol. The van der Waals surface area contributed by atoms with Crippen molar-refractivity contribution in [2.45, 2.75) is 25.1 Å². The number of nitrogens with zero attached hydrogens (tertiary/aromatic N) is 2. The largest absolute Gasteiger partial charge is 0.449 e. The molecule has 8 heteroatoms. The number of carbonyl (C=O) groups excluding carboxylic acids is 2. The van der Waals surface area contributed by atoms with Crippen molar-refractivity contribution in [1.29, 1.82) is 0 Å². The number of rotatable bonds is 5. The van der Waals surface area contributed by atoms with E-state index in [1.165, 1.54) is 4.90 Å². The van der Waals surface area contributed by atoms with E-state index in [4.69, 9.17) is 4.74 Å². The third-order valence-corrected chi connectivity index (χ3v) is 3.73. The van der Waals surface area contributed by atoms with E-state index in [2.05, 4.69) is 0 Å². The summed E-state index contributed by atoms with van der Waals surface area (Å²) in [6, 6.07) is 7.84. The molecule has 5 nitrogen and oxygen atoms in total. The predicted octanol–water partition coefficient (Wildman–Crippen LogP) is 2.46. The molecule has 1 unspecified atom stereocenters. The van der Waals surface area contributed by atoms with Crippen molar-refractivity contribution in [3.8, 4) is 0 Å². The standard InChI is InChI=1S/C16H19F3N2O3/c1-20(11-16(17,18)19)14(22)13(10-12-6-3-2-4-7-12)21-8-5-9-24-15(21)23/h2-4,6-7,13H,5,8-11H2,1H3. The van der Waals surface area contributed by atoms with Gasteiger partial charge in [0, 0.05) is 20.0 Å². The lowest BCUT2D eigenvalue weighted by Gasteiger charge is -2.35. The Morgan fingerprint density at radius 2 is 2.00 bits per heavy atom. The molecule has 0 spiro atoms. The van der Waals surface area contributed by atoms with Crippen molar-refractivity contribution in [2.75, 3.05) is 26.7 Å².